The minimum Gasteiger partial charge on any atom is -0.390 e. The topological polar surface area (TPSA) is 9.72 Å². The van der Waals surface area contributed by atoms with Crippen LogP contribution in [0.25, 0.3) is 0 Å². The van der Waals surface area contributed by atoms with Gasteiger partial charge in [0.15, 0.2) is 0 Å². The van der Waals surface area contributed by atoms with Crippen LogP contribution in [0.15, 0.2) is 30.3 Å². The van der Waals surface area contributed by atoms with Gasteiger partial charge in [-0.15, -0.1) is 0 Å². The molecular formula is C13H23B2N3. The zero-order valence-electron chi connectivity index (χ0n) is 12.0. The van der Waals surface area contributed by atoms with Gasteiger partial charge in [0.05, 0.1) is 6.67 Å². The van der Waals surface area contributed by atoms with Crippen LogP contribution >= 0.6 is 0 Å². The van der Waals surface area contributed by atoms with Gasteiger partial charge in [-0.25, -0.2) is 0 Å². The highest BCUT2D eigenvalue weighted by atomic mass is 15.4. The van der Waals surface area contributed by atoms with Crippen LogP contribution in [0, 0.1) is 0 Å². The normalized spacial score (nSPS) is 18.6. The van der Waals surface area contributed by atoms with E-state index in [1.165, 1.54) is 12.1 Å². The Hall–Kier alpha value is -0.930. The van der Waals surface area contributed by atoms with E-state index in [-0.39, 0.29) is 0 Å². The summed E-state index contributed by atoms with van der Waals surface area (Å²) in [5.41, 5.74) is 1.31. The van der Waals surface area contributed by atoms with Crippen molar-refractivity contribution in [1.29, 1.82) is 0 Å². The molecule has 0 spiro atoms. The van der Waals surface area contributed by atoms with Gasteiger partial charge in [0.2, 0.25) is 0 Å². The fourth-order valence-electron chi connectivity index (χ4n) is 2.77. The Morgan fingerprint density at radius 2 is 1.78 bits per heavy atom. The molecule has 0 N–H and O–H groups in total. The van der Waals surface area contributed by atoms with Crippen molar-refractivity contribution in [3.63, 3.8) is 0 Å². The van der Waals surface area contributed by atoms with Crippen molar-refractivity contribution in [3.8, 4) is 0 Å². The first-order valence-electron chi connectivity index (χ1n) is 6.92. The summed E-state index contributed by atoms with van der Waals surface area (Å²) in [6, 6.07) is 10.7. The van der Waals surface area contributed by atoms with Gasteiger partial charge >= 0.3 is 6.98 Å². The zero-order valence-corrected chi connectivity index (χ0v) is 12.0. The minimum absolute atomic E-state index is 0.457. The molecule has 0 amide bonds. The third-order valence-electron chi connectivity index (χ3n) is 3.99. The summed E-state index contributed by atoms with van der Waals surface area (Å²) in [5, 5.41) is 0. The Bertz CT molecular complexity index is 374. The van der Waals surface area contributed by atoms with Crippen LogP contribution < -0.4 is 4.81 Å². The summed E-state index contributed by atoms with van der Waals surface area (Å²) in [5.74, 6) is 0. The third-order valence-corrected chi connectivity index (χ3v) is 3.99. The van der Waals surface area contributed by atoms with Crippen molar-refractivity contribution in [2.24, 2.45) is 0 Å². The van der Waals surface area contributed by atoms with Crippen LogP contribution in [0.5, 0.6) is 0 Å². The average molecular weight is 243 g/mol. The number of anilines is 1. The largest absolute Gasteiger partial charge is 0.390 e. The number of benzene rings is 1. The van der Waals surface area contributed by atoms with Gasteiger partial charge in [-0.05, 0) is 32.1 Å². The fraction of sp³-hybridized carbons (Fsp3) is 0.538. The molecule has 2 rings (SSSR count). The van der Waals surface area contributed by atoms with E-state index < -0.39 is 0 Å². The molecule has 1 aromatic rings. The monoisotopic (exact) mass is 243 g/mol. The van der Waals surface area contributed by atoms with Crippen molar-refractivity contribution < 1.29 is 0 Å². The lowest BCUT2D eigenvalue weighted by Gasteiger charge is -2.48. The van der Waals surface area contributed by atoms with Gasteiger partial charge in [0, 0.05) is 5.69 Å². The van der Waals surface area contributed by atoms with E-state index in [0.717, 1.165) is 13.2 Å². The summed E-state index contributed by atoms with van der Waals surface area (Å²) < 4.78 is 2.57. The van der Waals surface area contributed by atoms with Gasteiger partial charge in [-0.3, -0.25) is 0 Å². The van der Waals surface area contributed by atoms with E-state index in [9.17, 15) is 0 Å². The van der Waals surface area contributed by atoms with Crippen LogP contribution in [0.3, 0.4) is 0 Å². The van der Waals surface area contributed by atoms with Crippen molar-refractivity contribution in [2.45, 2.75) is 27.0 Å². The molecule has 1 aliphatic rings. The SMILES string of the molecule is CCCN1B(C)N(C)CN(c2ccccc2)B1C. The number of para-hydroxylation sites is 1. The average Bonchev–Trinajstić information content (AvgIpc) is 2.40. The highest BCUT2D eigenvalue weighted by Crippen LogP contribution is 2.22. The van der Waals surface area contributed by atoms with Crippen LogP contribution in [0.1, 0.15) is 13.3 Å². The van der Waals surface area contributed by atoms with E-state index >= 15 is 0 Å². The molecule has 0 radical (unpaired) electrons. The van der Waals surface area contributed by atoms with Crippen LogP contribution in [0.2, 0.25) is 13.6 Å². The van der Waals surface area contributed by atoms with E-state index in [1.807, 2.05) is 0 Å². The molecule has 0 bridgehead atoms. The first-order valence-corrected chi connectivity index (χ1v) is 6.92. The Morgan fingerprint density at radius 1 is 1.11 bits per heavy atom. The number of nitrogens with zero attached hydrogens (tertiary/aromatic N) is 3. The molecule has 18 heavy (non-hydrogen) atoms. The summed E-state index contributed by atoms with van der Waals surface area (Å²) >= 11 is 0. The van der Waals surface area contributed by atoms with E-state index in [1.54, 1.807) is 0 Å². The lowest BCUT2D eigenvalue weighted by Crippen LogP contribution is -2.69. The molecule has 1 fully saturated rings. The van der Waals surface area contributed by atoms with Gasteiger partial charge in [0.1, 0.15) is 0 Å². The van der Waals surface area contributed by atoms with Crippen LogP contribution in [-0.4, -0.2) is 43.8 Å². The van der Waals surface area contributed by atoms with E-state index in [0.29, 0.717) is 14.0 Å². The minimum atomic E-state index is 0.457. The third kappa shape index (κ3) is 2.57. The summed E-state index contributed by atoms with van der Waals surface area (Å²) in [4.78, 5) is 4.87. The molecule has 0 unspecified atom stereocenters. The van der Waals surface area contributed by atoms with Gasteiger partial charge < -0.3 is 14.3 Å². The molecular weight excluding hydrogens is 220 g/mol. The molecule has 1 aromatic carbocycles. The second-order valence-corrected chi connectivity index (χ2v) is 5.21. The van der Waals surface area contributed by atoms with Crippen LogP contribution in [-0.2, 0) is 0 Å². The smallest absolute Gasteiger partial charge is 0.330 e. The Labute approximate surface area is 112 Å². The zero-order chi connectivity index (χ0) is 13.1. The molecule has 1 heterocycles. The van der Waals surface area contributed by atoms with Crippen molar-refractivity contribution in [2.75, 3.05) is 25.1 Å². The number of hydrogen-bond acceptors (Lipinski definition) is 3. The van der Waals surface area contributed by atoms with Crippen molar-refractivity contribution >= 4 is 19.7 Å². The lowest BCUT2D eigenvalue weighted by molar-refractivity contribution is 0.441. The second kappa shape index (κ2) is 5.81. The molecule has 0 aliphatic carbocycles. The predicted molar refractivity (Wildman–Crippen MR) is 81.8 cm³/mol. The summed E-state index contributed by atoms with van der Waals surface area (Å²) in [6.45, 7) is 9.97. The van der Waals surface area contributed by atoms with Crippen molar-refractivity contribution in [3.05, 3.63) is 30.3 Å². The maximum atomic E-state index is 2.57. The lowest BCUT2D eigenvalue weighted by atomic mass is 9.57. The quantitative estimate of drug-likeness (QED) is 0.754. The summed E-state index contributed by atoms with van der Waals surface area (Å²) in [6.07, 6.45) is 1.20. The molecule has 5 heteroatoms. The molecule has 96 valence electrons. The van der Waals surface area contributed by atoms with Gasteiger partial charge in [0.25, 0.3) is 6.98 Å². The molecule has 1 saturated heterocycles. The first-order chi connectivity index (χ1) is 8.65. The van der Waals surface area contributed by atoms with Crippen LogP contribution in [0.4, 0.5) is 5.69 Å². The van der Waals surface area contributed by atoms with E-state index in [4.69, 9.17) is 0 Å². The highest BCUT2D eigenvalue weighted by molar-refractivity contribution is 6.73. The number of hydrogen-bond donors (Lipinski definition) is 0. The molecule has 0 saturated carbocycles. The molecule has 0 aromatic heterocycles. The maximum absolute atomic E-state index is 2.57. The Balaban J connectivity index is 2.21. The molecule has 0 atom stereocenters. The Kier molecular flexibility index (Phi) is 4.36. The maximum Gasteiger partial charge on any atom is 0.330 e. The summed E-state index contributed by atoms with van der Waals surface area (Å²) in [7, 11) is 2.20. The standard InChI is InChI=1S/C13H23B2N3/c1-5-11-18-14(2)16(4)12-17(15(18)3)13-9-7-6-8-10-13/h6-10H,5,11-12H2,1-4H3. The predicted octanol–water partition coefficient (Wildman–Crippen LogP) is 2.34. The first kappa shape index (κ1) is 13.5. The number of rotatable bonds is 3. The second-order valence-electron chi connectivity index (χ2n) is 5.21. The Morgan fingerprint density at radius 3 is 2.39 bits per heavy atom. The van der Waals surface area contributed by atoms with Gasteiger partial charge in [-0.1, -0.05) is 38.8 Å². The van der Waals surface area contributed by atoms with E-state index in [2.05, 4.69) is 72.3 Å². The van der Waals surface area contributed by atoms with Gasteiger partial charge in [-0.2, -0.15) is 0 Å². The fourth-order valence-corrected chi connectivity index (χ4v) is 2.77. The van der Waals surface area contributed by atoms with Crippen molar-refractivity contribution in [1.82, 2.24) is 9.53 Å². The molecule has 1 aliphatic heterocycles. The highest BCUT2D eigenvalue weighted by Gasteiger charge is 2.38. The molecule has 3 nitrogen and oxygen atoms in total.